The number of rotatable bonds is 8. The first-order chi connectivity index (χ1) is 9.10. The molecular weight excluding hydrogens is 232 g/mol. The topological polar surface area (TPSA) is 38.0 Å². The van der Waals surface area contributed by atoms with Gasteiger partial charge in [-0.1, -0.05) is 33.1 Å². The summed E-state index contributed by atoms with van der Waals surface area (Å²) in [6.45, 7) is 8.06. The zero-order valence-corrected chi connectivity index (χ0v) is 13.1. The van der Waals surface area contributed by atoms with E-state index in [0.29, 0.717) is 10.8 Å². The van der Waals surface area contributed by atoms with E-state index in [4.69, 9.17) is 5.73 Å². The molecule has 2 aliphatic carbocycles. The molecule has 0 heterocycles. The Morgan fingerprint density at radius 1 is 1.00 bits per heavy atom. The fourth-order valence-electron chi connectivity index (χ4n) is 4.38. The van der Waals surface area contributed by atoms with Gasteiger partial charge in [0.05, 0.1) is 0 Å². The van der Waals surface area contributed by atoms with Crippen molar-refractivity contribution in [1.82, 2.24) is 5.32 Å². The molecule has 0 atom stereocenters. The molecule has 19 heavy (non-hydrogen) atoms. The molecule has 0 aromatic rings. The van der Waals surface area contributed by atoms with Crippen LogP contribution in [0.25, 0.3) is 0 Å². The van der Waals surface area contributed by atoms with Crippen LogP contribution in [-0.4, -0.2) is 19.6 Å². The highest BCUT2D eigenvalue weighted by Crippen LogP contribution is 2.44. The molecule has 0 bridgehead atoms. The average Bonchev–Trinajstić information content (AvgIpc) is 2.75. The summed E-state index contributed by atoms with van der Waals surface area (Å²) < 4.78 is 0. The lowest BCUT2D eigenvalue weighted by Gasteiger charge is -2.41. The van der Waals surface area contributed by atoms with E-state index in [9.17, 15) is 0 Å². The molecule has 2 rings (SSSR count). The second-order valence-corrected chi connectivity index (χ2v) is 7.79. The van der Waals surface area contributed by atoms with Crippen molar-refractivity contribution in [2.75, 3.05) is 19.6 Å². The molecule has 3 N–H and O–H groups in total. The Balaban J connectivity index is 1.70. The molecule has 2 fully saturated rings. The van der Waals surface area contributed by atoms with Crippen LogP contribution in [0.15, 0.2) is 0 Å². The standard InChI is InChI=1S/C17H34N2/c1-15(2)12-17(6-3-4-7-17)14-19-11-10-16(13-18)8-5-9-16/h15,19H,3-14,18H2,1-2H3. The van der Waals surface area contributed by atoms with E-state index in [1.165, 1.54) is 70.9 Å². The fourth-order valence-corrected chi connectivity index (χ4v) is 4.38. The lowest BCUT2D eigenvalue weighted by molar-refractivity contribution is 0.126. The Morgan fingerprint density at radius 2 is 1.63 bits per heavy atom. The van der Waals surface area contributed by atoms with Crippen molar-refractivity contribution >= 4 is 0 Å². The molecule has 0 unspecified atom stereocenters. The van der Waals surface area contributed by atoms with Gasteiger partial charge in [0.25, 0.3) is 0 Å². The first-order valence-electron chi connectivity index (χ1n) is 8.51. The minimum absolute atomic E-state index is 0.508. The zero-order valence-electron chi connectivity index (χ0n) is 13.1. The van der Waals surface area contributed by atoms with Gasteiger partial charge >= 0.3 is 0 Å². The molecule has 2 saturated carbocycles. The van der Waals surface area contributed by atoms with Crippen molar-refractivity contribution in [2.24, 2.45) is 22.5 Å². The van der Waals surface area contributed by atoms with E-state index in [1.54, 1.807) is 0 Å². The van der Waals surface area contributed by atoms with Crippen molar-refractivity contribution < 1.29 is 0 Å². The van der Waals surface area contributed by atoms with Crippen LogP contribution in [0.4, 0.5) is 0 Å². The van der Waals surface area contributed by atoms with Crippen LogP contribution in [0.2, 0.25) is 0 Å². The van der Waals surface area contributed by atoms with E-state index in [1.807, 2.05) is 0 Å². The van der Waals surface area contributed by atoms with E-state index in [-0.39, 0.29) is 0 Å². The molecule has 0 spiro atoms. The van der Waals surface area contributed by atoms with Gasteiger partial charge in [-0.05, 0) is 68.4 Å². The van der Waals surface area contributed by atoms with Gasteiger partial charge < -0.3 is 11.1 Å². The number of nitrogens with two attached hydrogens (primary N) is 1. The number of hydrogen-bond donors (Lipinski definition) is 2. The zero-order chi connectivity index (χ0) is 13.8. The second kappa shape index (κ2) is 6.58. The number of nitrogens with one attached hydrogen (secondary N) is 1. The van der Waals surface area contributed by atoms with Gasteiger partial charge in [0.2, 0.25) is 0 Å². The lowest BCUT2D eigenvalue weighted by Crippen LogP contribution is -2.41. The molecule has 2 aliphatic rings. The fraction of sp³-hybridized carbons (Fsp3) is 1.00. The molecule has 0 saturated heterocycles. The van der Waals surface area contributed by atoms with E-state index >= 15 is 0 Å². The van der Waals surface area contributed by atoms with Crippen LogP contribution in [0.3, 0.4) is 0 Å². The summed E-state index contributed by atoms with van der Waals surface area (Å²) in [6, 6.07) is 0. The third-order valence-electron chi connectivity index (χ3n) is 5.68. The predicted octanol–water partition coefficient (Wildman–Crippen LogP) is 3.70. The summed E-state index contributed by atoms with van der Waals surface area (Å²) in [5.74, 6) is 0.835. The van der Waals surface area contributed by atoms with Crippen molar-refractivity contribution in [3.05, 3.63) is 0 Å². The van der Waals surface area contributed by atoms with E-state index < -0.39 is 0 Å². The molecule has 0 radical (unpaired) electrons. The Kier molecular flexibility index (Phi) is 5.30. The maximum absolute atomic E-state index is 5.94. The Bertz CT molecular complexity index is 257. The highest BCUT2D eigenvalue weighted by Gasteiger charge is 2.36. The minimum atomic E-state index is 0.508. The average molecular weight is 266 g/mol. The summed E-state index contributed by atoms with van der Waals surface area (Å²) in [5.41, 5.74) is 7.06. The van der Waals surface area contributed by atoms with Crippen LogP contribution in [-0.2, 0) is 0 Å². The molecule has 0 aromatic heterocycles. The summed E-state index contributed by atoms with van der Waals surface area (Å²) in [5, 5.41) is 3.78. The third kappa shape index (κ3) is 3.95. The lowest BCUT2D eigenvalue weighted by atomic mass is 9.67. The maximum Gasteiger partial charge on any atom is 0.000791 e. The number of hydrogen-bond acceptors (Lipinski definition) is 2. The smallest absolute Gasteiger partial charge is 0.000791 e. The molecule has 0 aliphatic heterocycles. The van der Waals surface area contributed by atoms with Crippen molar-refractivity contribution in [3.8, 4) is 0 Å². The Labute approximate surface area is 119 Å². The van der Waals surface area contributed by atoms with E-state index in [0.717, 1.165) is 12.5 Å². The van der Waals surface area contributed by atoms with Crippen LogP contribution in [0.5, 0.6) is 0 Å². The van der Waals surface area contributed by atoms with Gasteiger partial charge in [-0.25, -0.2) is 0 Å². The highest BCUT2D eigenvalue weighted by atomic mass is 14.9. The van der Waals surface area contributed by atoms with E-state index in [2.05, 4.69) is 19.2 Å². The molecule has 2 nitrogen and oxygen atoms in total. The Morgan fingerprint density at radius 3 is 2.11 bits per heavy atom. The van der Waals surface area contributed by atoms with Gasteiger partial charge in [-0.15, -0.1) is 0 Å². The second-order valence-electron chi connectivity index (χ2n) is 7.79. The molecule has 112 valence electrons. The maximum atomic E-state index is 5.94. The summed E-state index contributed by atoms with van der Waals surface area (Å²) >= 11 is 0. The monoisotopic (exact) mass is 266 g/mol. The van der Waals surface area contributed by atoms with Gasteiger partial charge in [0.1, 0.15) is 0 Å². The molecule has 2 heteroatoms. The molecule has 0 amide bonds. The van der Waals surface area contributed by atoms with Crippen molar-refractivity contribution in [2.45, 2.75) is 71.6 Å². The van der Waals surface area contributed by atoms with Crippen molar-refractivity contribution in [3.63, 3.8) is 0 Å². The summed E-state index contributed by atoms with van der Waals surface area (Å²) in [4.78, 5) is 0. The SMILES string of the molecule is CC(C)CC1(CNCCC2(CN)CCC2)CCCC1. The van der Waals surface area contributed by atoms with Crippen LogP contribution >= 0.6 is 0 Å². The van der Waals surface area contributed by atoms with Crippen LogP contribution in [0, 0.1) is 16.7 Å². The van der Waals surface area contributed by atoms with Gasteiger partial charge in [-0.3, -0.25) is 0 Å². The van der Waals surface area contributed by atoms with Gasteiger partial charge in [0.15, 0.2) is 0 Å². The minimum Gasteiger partial charge on any atom is -0.330 e. The molecular formula is C17H34N2. The quantitative estimate of drug-likeness (QED) is 0.657. The van der Waals surface area contributed by atoms with Crippen molar-refractivity contribution in [1.29, 1.82) is 0 Å². The summed E-state index contributed by atoms with van der Waals surface area (Å²) in [6.07, 6.45) is 12.6. The normalized spacial score (nSPS) is 24.6. The summed E-state index contributed by atoms with van der Waals surface area (Å²) in [7, 11) is 0. The predicted molar refractivity (Wildman–Crippen MR) is 83.2 cm³/mol. The first-order valence-corrected chi connectivity index (χ1v) is 8.51. The van der Waals surface area contributed by atoms with Crippen LogP contribution < -0.4 is 11.1 Å². The Hall–Kier alpha value is -0.0800. The van der Waals surface area contributed by atoms with Crippen LogP contribution in [0.1, 0.15) is 71.6 Å². The molecule has 0 aromatic carbocycles. The highest BCUT2D eigenvalue weighted by molar-refractivity contribution is 4.90. The largest absolute Gasteiger partial charge is 0.330 e. The van der Waals surface area contributed by atoms with Gasteiger partial charge in [-0.2, -0.15) is 0 Å². The first kappa shape index (κ1) is 15.3. The third-order valence-corrected chi connectivity index (χ3v) is 5.68. The van der Waals surface area contributed by atoms with Gasteiger partial charge in [0, 0.05) is 6.54 Å².